The standard InChI is InChI=1S/C15H14N4OS/c1-10-13(19-15(17-10)21-9-16-19)14(20)18-8-4-6-11-5-2-3-7-12(11)18/h2-3,5,7,9H,4,6,8H2,1H3. The molecule has 0 radical (unpaired) electrons. The van der Waals surface area contributed by atoms with E-state index in [0.29, 0.717) is 5.69 Å². The van der Waals surface area contributed by atoms with E-state index in [9.17, 15) is 4.79 Å². The highest BCUT2D eigenvalue weighted by Gasteiger charge is 2.28. The molecule has 0 saturated carbocycles. The zero-order valence-electron chi connectivity index (χ0n) is 11.6. The Morgan fingerprint density at radius 2 is 2.19 bits per heavy atom. The molecule has 21 heavy (non-hydrogen) atoms. The smallest absolute Gasteiger partial charge is 0.278 e. The van der Waals surface area contributed by atoms with Crippen molar-refractivity contribution in [3.05, 3.63) is 46.7 Å². The first-order chi connectivity index (χ1) is 10.3. The van der Waals surface area contributed by atoms with E-state index in [-0.39, 0.29) is 5.91 Å². The van der Waals surface area contributed by atoms with E-state index >= 15 is 0 Å². The maximum Gasteiger partial charge on any atom is 0.278 e. The van der Waals surface area contributed by atoms with Gasteiger partial charge in [0.15, 0.2) is 5.69 Å². The van der Waals surface area contributed by atoms with Gasteiger partial charge in [-0.2, -0.15) is 9.61 Å². The van der Waals surface area contributed by atoms with Gasteiger partial charge >= 0.3 is 0 Å². The molecule has 1 aliphatic rings. The van der Waals surface area contributed by atoms with Crippen LogP contribution in [0.15, 0.2) is 29.8 Å². The molecule has 0 aliphatic carbocycles. The van der Waals surface area contributed by atoms with Crippen LogP contribution in [0.2, 0.25) is 0 Å². The molecule has 1 aromatic carbocycles. The molecule has 0 saturated heterocycles. The number of hydrogen-bond donors (Lipinski definition) is 0. The van der Waals surface area contributed by atoms with E-state index in [1.54, 1.807) is 10.0 Å². The minimum absolute atomic E-state index is 0.0157. The van der Waals surface area contributed by atoms with Gasteiger partial charge in [0.25, 0.3) is 5.91 Å². The Bertz CT molecular complexity index is 835. The predicted molar refractivity (Wildman–Crippen MR) is 82.0 cm³/mol. The van der Waals surface area contributed by atoms with Gasteiger partial charge in [-0.25, -0.2) is 4.98 Å². The lowest BCUT2D eigenvalue weighted by atomic mass is 10.0. The van der Waals surface area contributed by atoms with E-state index in [2.05, 4.69) is 16.1 Å². The number of aromatic nitrogens is 3. The molecule has 0 bridgehead atoms. The third kappa shape index (κ3) is 1.86. The lowest BCUT2D eigenvalue weighted by Gasteiger charge is -2.29. The highest BCUT2D eigenvalue weighted by atomic mass is 32.1. The number of carbonyl (C=O) groups is 1. The van der Waals surface area contributed by atoms with Crippen LogP contribution in [0.3, 0.4) is 0 Å². The summed E-state index contributed by atoms with van der Waals surface area (Å²) < 4.78 is 1.65. The van der Waals surface area contributed by atoms with Crippen LogP contribution in [-0.4, -0.2) is 27.0 Å². The van der Waals surface area contributed by atoms with Crippen molar-refractivity contribution in [3.63, 3.8) is 0 Å². The van der Waals surface area contributed by atoms with E-state index in [0.717, 1.165) is 35.7 Å². The number of fused-ring (bicyclic) bond motifs is 2. The monoisotopic (exact) mass is 298 g/mol. The van der Waals surface area contributed by atoms with Crippen LogP contribution in [0.25, 0.3) is 4.96 Å². The second kappa shape index (κ2) is 4.66. The Kier molecular flexibility index (Phi) is 2.78. The van der Waals surface area contributed by atoms with E-state index in [1.165, 1.54) is 16.9 Å². The fourth-order valence-electron chi connectivity index (χ4n) is 2.91. The molecule has 1 amide bonds. The topological polar surface area (TPSA) is 50.5 Å². The minimum Gasteiger partial charge on any atom is -0.307 e. The van der Waals surface area contributed by atoms with Gasteiger partial charge in [0.1, 0.15) is 5.51 Å². The first kappa shape index (κ1) is 12.5. The van der Waals surface area contributed by atoms with Crippen LogP contribution < -0.4 is 4.90 Å². The zero-order chi connectivity index (χ0) is 14.4. The van der Waals surface area contributed by atoms with Gasteiger partial charge in [-0.05, 0) is 31.4 Å². The Hall–Kier alpha value is -2.21. The third-order valence-corrected chi connectivity index (χ3v) is 4.55. The average Bonchev–Trinajstić information content (AvgIpc) is 3.06. The third-order valence-electron chi connectivity index (χ3n) is 3.88. The van der Waals surface area contributed by atoms with Crippen molar-refractivity contribution in [2.24, 2.45) is 0 Å². The van der Waals surface area contributed by atoms with Crippen molar-refractivity contribution in [1.29, 1.82) is 0 Å². The van der Waals surface area contributed by atoms with E-state index in [4.69, 9.17) is 0 Å². The molecule has 0 N–H and O–H groups in total. The summed E-state index contributed by atoms with van der Waals surface area (Å²) in [4.78, 5) is 20.0. The maximum atomic E-state index is 13.0. The van der Waals surface area contributed by atoms with Gasteiger partial charge in [0.05, 0.1) is 5.69 Å². The van der Waals surface area contributed by atoms with Gasteiger partial charge in [-0.3, -0.25) is 4.79 Å². The number of para-hydroxylation sites is 1. The van der Waals surface area contributed by atoms with E-state index in [1.807, 2.05) is 30.0 Å². The Labute approximate surface area is 125 Å². The molecule has 106 valence electrons. The lowest BCUT2D eigenvalue weighted by Crippen LogP contribution is -2.36. The Morgan fingerprint density at radius 1 is 1.33 bits per heavy atom. The number of benzene rings is 1. The van der Waals surface area contributed by atoms with Crippen LogP contribution >= 0.6 is 11.3 Å². The summed E-state index contributed by atoms with van der Waals surface area (Å²) >= 11 is 1.44. The first-order valence-electron chi connectivity index (χ1n) is 6.94. The summed E-state index contributed by atoms with van der Waals surface area (Å²) in [5.41, 5.74) is 5.26. The van der Waals surface area contributed by atoms with Crippen LogP contribution in [-0.2, 0) is 6.42 Å². The predicted octanol–water partition coefficient (Wildman–Crippen LogP) is 2.69. The molecule has 3 aromatic rings. The van der Waals surface area contributed by atoms with Crippen molar-refractivity contribution in [1.82, 2.24) is 14.6 Å². The van der Waals surface area contributed by atoms with Crippen molar-refractivity contribution < 1.29 is 4.79 Å². The Balaban J connectivity index is 1.82. The number of nitrogens with zero attached hydrogens (tertiary/aromatic N) is 4. The second-order valence-electron chi connectivity index (χ2n) is 5.17. The minimum atomic E-state index is -0.0157. The molecule has 0 atom stereocenters. The van der Waals surface area contributed by atoms with Gasteiger partial charge in [-0.1, -0.05) is 29.5 Å². The maximum absolute atomic E-state index is 13.0. The Morgan fingerprint density at radius 3 is 3.10 bits per heavy atom. The summed E-state index contributed by atoms with van der Waals surface area (Å²) in [5.74, 6) is -0.0157. The largest absolute Gasteiger partial charge is 0.307 e. The molecule has 0 fully saturated rings. The van der Waals surface area contributed by atoms with Gasteiger partial charge in [0, 0.05) is 12.2 Å². The summed E-state index contributed by atoms with van der Waals surface area (Å²) in [6.07, 6.45) is 2.01. The molecule has 0 unspecified atom stereocenters. The normalized spacial score (nSPS) is 14.4. The molecular weight excluding hydrogens is 284 g/mol. The summed E-state index contributed by atoms with van der Waals surface area (Å²) in [6.45, 7) is 2.61. The molecule has 5 nitrogen and oxygen atoms in total. The number of amides is 1. The highest BCUT2D eigenvalue weighted by Crippen LogP contribution is 2.29. The first-order valence-corrected chi connectivity index (χ1v) is 7.82. The fraction of sp³-hybridized carbons (Fsp3) is 0.267. The number of aryl methyl sites for hydroxylation is 2. The van der Waals surface area contributed by atoms with Gasteiger partial charge in [-0.15, -0.1) is 0 Å². The van der Waals surface area contributed by atoms with Gasteiger partial charge in [0.2, 0.25) is 4.96 Å². The van der Waals surface area contributed by atoms with Crippen molar-refractivity contribution in [2.75, 3.05) is 11.4 Å². The highest BCUT2D eigenvalue weighted by molar-refractivity contribution is 7.14. The van der Waals surface area contributed by atoms with Crippen LogP contribution in [0, 0.1) is 6.92 Å². The average molecular weight is 298 g/mol. The summed E-state index contributed by atoms with van der Waals surface area (Å²) in [5, 5.41) is 4.24. The number of hydrogen-bond acceptors (Lipinski definition) is 4. The number of rotatable bonds is 1. The van der Waals surface area contributed by atoms with E-state index < -0.39 is 0 Å². The fourth-order valence-corrected chi connectivity index (χ4v) is 3.58. The molecule has 2 aromatic heterocycles. The second-order valence-corrected chi connectivity index (χ2v) is 5.98. The summed E-state index contributed by atoms with van der Waals surface area (Å²) in [7, 11) is 0. The molecule has 6 heteroatoms. The molecule has 0 spiro atoms. The van der Waals surface area contributed by atoms with Crippen molar-refractivity contribution in [2.45, 2.75) is 19.8 Å². The van der Waals surface area contributed by atoms with Crippen molar-refractivity contribution in [3.8, 4) is 0 Å². The number of carbonyl (C=O) groups excluding carboxylic acids is 1. The SMILES string of the molecule is Cc1nc2scnn2c1C(=O)N1CCCc2ccccc21. The summed E-state index contributed by atoms with van der Waals surface area (Å²) in [6, 6.07) is 8.11. The van der Waals surface area contributed by atoms with Crippen LogP contribution in [0.5, 0.6) is 0 Å². The molecule has 1 aliphatic heterocycles. The zero-order valence-corrected chi connectivity index (χ0v) is 12.4. The molecule has 4 rings (SSSR count). The molecular formula is C15H14N4OS. The number of imidazole rings is 1. The van der Waals surface area contributed by atoms with Gasteiger partial charge < -0.3 is 4.90 Å². The van der Waals surface area contributed by atoms with Crippen LogP contribution in [0.4, 0.5) is 5.69 Å². The van der Waals surface area contributed by atoms with Crippen LogP contribution in [0.1, 0.15) is 28.2 Å². The lowest BCUT2D eigenvalue weighted by molar-refractivity contribution is 0.0978. The molecule has 3 heterocycles. The quantitative estimate of drug-likeness (QED) is 0.694. The van der Waals surface area contributed by atoms with Crippen molar-refractivity contribution >= 4 is 27.9 Å². The number of anilines is 1.